The molecular weight excluding hydrogens is 403 g/mol. The predicted octanol–water partition coefficient (Wildman–Crippen LogP) is 4.56. The van der Waals surface area contributed by atoms with Crippen LogP contribution in [0, 0.1) is 5.82 Å². The molecule has 2 heterocycles. The number of aliphatic hydroxyl groups excluding tert-OH is 1. The lowest BCUT2D eigenvalue weighted by Gasteiger charge is -2.23. The van der Waals surface area contributed by atoms with Gasteiger partial charge in [0.2, 0.25) is 0 Å². The first kappa shape index (κ1) is 18.3. The Labute approximate surface area is 168 Å². The Morgan fingerprint density at radius 1 is 1.14 bits per heavy atom. The van der Waals surface area contributed by atoms with Gasteiger partial charge in [-0.15, -0.1) is 11.3 Å². The van der Waals surface area contributed by atoms with Crippen molar-refractivity contribution in [2.24, 2.45) is 0 Å². The second kappa shape index (κ2) is 7.18. The van der Waals surface area contributed by atoms with Crippen LogP contribution in [-0.2, 0) is 9.59 Å². The molecule has 8 heteroatoms. The van der Waals surface area contributed by atoms with E-state index < -0.39 is 29.3 Å². The van der Waals surface area contributed by atoms with E-state index in [4.69, 9.17) is 11.6 Å². The fraction of sp³-hybridized carbons (Fsp3) is 0.0500. The number of nitrogens with zero attached hydrogens (tertiary/aromatic N) is 2. The van der Waals surface area contributed by atoms with Crippen molar-refractivity contribution < 1.29 is 19.1 Å². The van der Waals surface area contributed by atoms with Crippen LogP contribution in [0.1, 0.15) is 17.2 Å². The molecule has 140 valence electrons. The van der Waals surface area contributed by atoms with Crippen LogP contribution in [0.25, 0.3) is 5.76 Å². The lowest BCUT2D eigenvalue weighted by molar-refractivity contribution is -0.132. The normalized spacial score (nSPS) is 18.6. The van der Waals surface area contributed by atoms with E-state index in [1.165, 1.54) is 36.5 Å². The standard InChI is InChI=1S/C20H12ClFN2O3S/c21-12-7-5-11(6-8-12)17(25)15-16(13-3-1-2-4-14(13)22)24(19(27)18(15)26)20-23-9-10-28-20/h1-10,16,25H/b17-15+/t16-/m0/s1. The Bertz CT molecular complexity index is 1100. The molecule has 0 unspecified atom stereocenters. The minimum Gasteiger partial charge on any atom is -0.507 e. The molecule has 1 atom stereocenters. The first-order valence-corrected chi connectivity index (χ1v) is 9.45. The van der Waals surface area contributed by atoms with Gasteiger partial charge in [0.15, 0.2) is 5.13 Å². The first-order valence-electron chi connectivity index (χ1n) is 8.20. The SMILES string of the molecule is O=C1C(=O)N(c2nccs2)[C@@H](c2ccccc2F)/C1=C(\O)c1ccc(Cl)cc1. The molecule has 0 spiro atoms. The smallest absolute Gasteiger partial charge is 0.301 e. The van der Waals surface area contributed by atoms with Crippen molar-refractivity contribution in [1.82, 2.24) is 4.98 Å². The molecule has 5 nitrogen and oxygen atoms in total. The summed E-state index contributed by atoms with van der Waals surface area (Å²) in [4.78, 5) is 30.8. The largest absolute Gasteiger partial charge is 0.507 e. The molecule has 1 fully saturated rings. The Morgan fingerprint density at radius 2 is 1.86 bits per heavy atom. The average molecular weight is 415 g/mol. The summed E-state index contributed by atoms with van der Waals surface area (Å²) in [5.74, 6) is -2.78. The summed E-state index contributed by atoms with van der Waals surface area (Å²) in [6, 6.07) is 10.8. The van der Waals surface area contributed by atoms with Gasteiger partial charge in [-0.05, 0) is 30.3 Å². The molecule has 28 heavy (non-hydrogen) atoms. The van der Waals surface area contributed by atoms with E-state index in [-0.39, 0.29) is 16.3 Å². The fourth-order valence-electron chi connectivity index (χ4n) is 3.12. The third-order valence-electron chi connectivity index (χ3n) is 4.39. The third-order valence-corrected chi connectivity index (χ3v) is 5.41. The topological polar surface area (TPSA) is 70.5 Å². The van der Waals surface area contributed by atoms with Crippen molar-refractivity contribution in [2.75, 3.05) is 4.90 Å². The van der Waals surface area contributed by atoms with Crippen LogP contribution >= 0.6 is 22.9 Å². The quantitative estimate of drug-likeness (QED) is 0.387. The molecule has 1 N–H and O–H groups in total. The molecule has 1 amide bonds. The van der Waals surface area contributed by atoms with E-state index in [1.54, 1.807) is 23.6 Å². The molecule has 1 aromatic heterocycles. The van der Waals surface area contributed by atoms with E-state index in [9.17, 15) is 19.1 Å². The minimum atomic E-state index is -1.14. The molecule has 1 saturated heterocycles. The predicted molar refractivity (Wildman–Crippen MR) is 105 cm³/mol. The van der Waals surface area contributed by atoms with E-state index >= 15 is 0 Å². The molecule has 2 aromatic carbocycles. The maximum atomic E-state index is 14.6. The molecular formula is C20H12ClFN2O3S. The fourth-order valence-corrected chi connectivity index (χ4v) is 3.91. The third kappa shape index (κ3) is 2.98. The average Bonchev–Trinajstić information content (AvgIpc) is 3.30. The molecule has 0 bridgehead atoms. The number of aromatic nitrogens is 1. The zero-order valence-corrected chi connectivity index (χ0v) is 15.7. The van der Waals surface area contributed by atoms with Crippen molar-refractivity contribution in [2.45, 2.75) is 6.04 Å². The summed E-state index contributed by atoms with van der Waals surface area (Å²) in [5, 5.41) is 13.2. The van der Waals surface area contributed by atoms with Gasteiger partial charge in [-0.1, -0.05) is 29.8 Å². The number of rotatable bonds is 3. The zero-order chi connectivity index (χ0) is 19.8. The highest BCUT2D eigenvalue weighted by molar-refractivity contribution is 7.14. The maximum absolute atomic E-state index is 14.6. The van der Waals surface area contributed by atoms with Crippen molar-refractivity contribution in [3.8, 4) is 0 Å². The van der Waals surface area contributed by atoms with Gasteiger partial charge in [0.05, 0.1) is 5.57 Å². The number of Topliss-reactive ketones (excluding diaryl/α,β-unsaturated/α-hetero) is 1. The number of thiazole rings is 1. The summed E-state index contributed by atoms with van der Waals surface area (Å²) in [6.45, 7) is 0. The summed E-state index contributed by atoms with van der Waals surface area (Å²) < 4.78 is 14.6. The van der Waals surface area contributed by atoms with Crippen molar-refractivity contribution in [3.63, 3.8) is 0 Å². The van der Waals surface area contributed by atoms with Crippen LogP contribution < -0.4 is 4.90 Å². The minimum absolute atomic E-state index is 0.0902. The van der Waals surface area contributed by atoms with Gasteiger partial charge in [-0.25, -0.2) is 9.37 Å². The van der Waals surface area contributed by atoms with E-state index in [1.807, 2.05) is 0 Å². The molecule has 0 saturated carbocycles. The lowest BCUT2D eigenvalue weighted by Crippen LogP contribution is -2.29. The number of hydrogen-bond donors (Lipinski definition) is 1. The molecule has 0 radical (unpaired) electrons. The van der Waals surface area contributed by atoms with Crippen LogP contribution in [0.5, 0.6) is 0 Å². The van der Waals surface area contributed by atoms with Crippen molar-refractivity contribution in [3.05, 3.63) is 87.6 Å². The summed E-state index contributed by atoms with van der Waals surface area (Å²) >= 11 is 7.02. The van der Waals surface area contributed by atoms with Gasteiger partial charge >= 0.3 is 5.91 Å². The van der Waals surface area contributed by atoms with Crippen molar-refractivity contribution in [1.29, 1.82) is 0 Å². The van der Waals surface area contributed by atoms with Crippen LogP contribution in [0.2, 0.25) is 5.02 Å². The molecule has 3 aromatic rings. The number of amides is 1. The summed E-state index contributed by atoms with van der Waals surface area (Å²) in [6.07, 6.45) is 1.48. The van der Waals surface area contributed by atoms with Crippen LogP contribution in [0.15, 0.2) is 65.7 Å². The van der Waals surface area contributed by atoms with Crippen LogP contribution in [0.4, 0.5) is 9.52 Å². The Morgan fingerprint density at radius 3 is 2.50 bits per heavy atom. The number of halogens is 2. The molecule has 1 aliphatic rings. The number of anilines is 1. The van der Waals surface area contributed by atoms with E-state index in [0.717, 1.165) is 16.2 Å². The number of benzene rings is 2. The van der Waals surface area contributed by atoms with Gasteiger partial charge in [0.25, 0.3) is 5.78 Å². The highest BCUT2D eigenvalue weighted by Gasteiger charge is 2.48. The van der Waals surface area contributed by atoms with E-state index in [0.29, 0.717) is 10.6 Å². The first-order chi connectivity index (χ1) is 13.5. The number of carbonyl (C=O) groups is 2. The van der Waals surface area contributed by atoms with Crippen LogP contribution in [0.3, 0.4) is 0 Å². The molecule has 1 aliphatic heterocycles. The van der Waals surface area contributed by atoms with Gasteiger partial charge in [-0.2, -0.15) is 0 Å². The zero-order valence-electron chi connectivity index (χ0n) is 14.2. The second-order valence-corrected chi connectivity index (χ2v) is 7.32. The van der Waals surface area contributed by atoms with Crippen molar-refractivity contribution >= 4 is 45.5 Å². The number of carbonyl (C=O) groups excluding carboxylic acids is 2. The highest BCUT2D eigenvalue weighted by atomic mass is 35.5. The Kier molecular flexibility index (Phi) is 4.70. The Balaban J connectivity index is 1.96. The summed E-state index contributed by atoms with van der Waals surface area (Å²) in [5.41, 5.74) is 0.183. The van der Waals surface area contributed by atoms with Crippen LogP contribution in [-0.4, -0.2) is 21.8 Å². The van der Waals surface area contributed by atoms with E-state index in [2.05, 4.69) is 4.98 Å². The maximum Gasteiger partial charge on any atom is 0.301 e. The number of aliphatic hydroxyl groups is 1. The van der Waals surface area contributed by atoms with Gasteiger partial charge in [0, 0.05) is 27.7 Å². The molecule has 4 rings (SSSR count). The number of hydrogen-bond acceptors (Lipinski definition) is 5. The molecule has 0 aliphatic carbocycles. The van der Waals surface area contributed by atoms with Gasteiger partial charge in [0.1, 0.15) is 17.6 Å². The second-order valence-electron chi connectivity index (χ2n) is 6.01. The summed E-state index contributed by atoms with van der Waals surface area (Å²) in [7, 11) is 0. The van der Waals surface area contributed by atoms with Gasteiger partial charge in [-0.3, -0.25) is 14.5 Å². The highest BCUT2D eigenvalue weighted by Crippen LogP contribution is 2.43. The monoisotopic (exact) mass is 414 g/mol. The number of ketones is 1. The van der Waals surface area contributed by atoms with Gasteiger partial charge < -0.3 is 5.11 Å². The lowest BCUT2D eigenvalue weighted by atomic mass is 9.95. The Hall–Kier alpha value is -3.03.